The second-order valence-electron chi connectivity index (χ2n) is 8.27. The number of benzene rings is 2. The molecule has 0 saturated carbocycles. The van der Waals surface area contributed by atoms with Crippen LogP contribution < -0.4 is 4.90 Å². The predicted octanol–water partition coefficient (Wildman–Crippen LogP) is 1.59. The molecule has 1 fully saturated rings. The Hall–Kier alpha value is -3.16. The Bertz CT molecular complexity index is 1140. The summed E-state index contributed by atoms with van der Waals surface area (Å²) in [6, 6.07) is 20.9. The Balaban J connectivity index is 1.49. The summed E-state index contributed by atoms with van der Waals surface area (Å²) in [5, 5.41) is 24.0. The quantitative estimate of drug-likeness (QED) is 0.500. The summed E-state index contributed by atoms with van der Waals surface area (Å²) in [5.74, 6) is 0.880. The molecule has 7 heteroatoms. The molecule has 3 heterocycles. The van der Waals surface area contributed by atoms with Crippen LogP contribution in [0.3, 0.4) is 0 Å². The number of rotatable bonds is 6. The Labute approximate surface area is 181 Å². The van der Waals surface area contributed by atoms with Gasteiger partial charge in [0.05, 0.1) is 24.7 Å². The largest absolute Gasteiger partial charge is 0.393 e. The molecule has 1 saturated heterocycles. The van der Waals surface area contributed by atoms with Crippen molar-refractivity contribution >= 4 is 10.9 Å². The molecule has 31 heavy (non-hydrogen) atoms. The topological polar surface area (TPSA) is 81.2 Å². The zero-order valence-corrected chi connectivity index (χ0v) is 17.4. The van der Waals surface area contributed by atoms with E-state index in [9.17, 15) is 5.11 Å². The van der Waals surface area contributed by atoms with Crippen LogP contribution in [-0.2, 0) is 13.0 Å². The molecule has 4 aromatic rings. The number of hydrogen-bond donors (Lipinski definition) is 2. The van der Waals surface area contributed by atoms with Crippen LogP contribution in [0.15, 0.2) is 66.9 Å². The summed E-state index contributed by atoms with van der Waals surface area (Å²) in [5.41, 5.74) is 3.44. The number of nitrogens with one attached hydrogen (secondary N) is 1. The first-order valence-electron chi connectivity index (χ1n) is 11.0. The van der Waals surface area contributed by atoms with Crippen LogP contribution in [0.4, 0.5) is 0 Å². The number of aryl methyl sites for hydroxylation is 2. The lowest BCUT2D eigenvalue weighted by Gasteiger charge is -2.32. The van der Waals surface area contributed by atoms with Crippen molar-refractivity contribution in [2.24, 2.45) is 0 Å². The molecule has 0 aliphatic carbocycles. The Kier molecular flexibility index (Phi) is 5.69. The van der Waals surface area contributed by atoms with Crippen LogP contribution in [0.1, 0.15) is 35.8 Å². The summed E-state index contributed by atoms with van der Waals surface area (Å²) >= 11 is 0. The number of likely N-dealkylation sites (tertiary alicyclic amines) is 1. The molecule has 1 aliphatic rings. The molecule has 2 N–H and O–H groups in total. The summed E-state index contributed by atoms with van der Waals surface area (Å²) in [6.45, 7) is 2.51. The first-order chi connectivity index (χ1) is 15.3. The van der Waals surface area contributed by atoms with Crippen molar-refractivity contribution in [3.63, 3.8) is 0 Å². The molecule has 0 bridgehead atoms. The van der Waals surface area contributed by atoms with Crippen LogP contribution in [0.2, 0.25) is 0 Å². The number of aliphatic hydroxyl groups excluding tert-OH is 1. The fourth-order valence-electron chi connectivity index (χ4n) is 4.56. The van der Waals surface area contributed by atoms with E-state index in [2.05, 4.69) is 69.0 Å². The Morgan fingerprint density at radius 1 is 1.03 bits per heavy atom. The van der Waals surface area contributed by atoms with Gasteiger partial charge < -0.3 is 10.0 Å². The molecule has 1 aliphatic heterocycles. The first-order valence-corrected chi connectivity index (χ1v) is 11.0. The lowest BCUT2D eigenvalue weighted by atomic mass is 9.98. The molecular weight excluding hydrogens is 388 g/mol. The van der Waals surface area contributed by atoms with Gasteiger partial charge in [0.2, 0.25) is 5.82 Å². The average molecular weight is 416 g/mol. The lowest BCUT2D eigenvalue weighted by Crippen LogP contribution is -3.13. The van der Waals surface area contributed by atoms with Crippen molar-refractivity contribution in [1.29, 1.82) is 0 Å². The standard InChI is InChI=1S/C24H26N6O/c31-21-11-14-29(15-12-21)23(20-8-9-22-19(17-20)7-4-13-25-22)24-26-27-28-30(24)16-10-18-5-2-1-3-6-18/h1-9,13,17,21,23,31H,10-12,14-16H2/p+1/t23-/m0/s1. The lowest BCUT2D eigenvalue weighted by molar-refractivity contribution is -0.932. The minimum Gasteiger partial charge on any atom is -0.393 e. The molecule has 2 aromatic carbocycles. The van der Waals surface area contributed by atoms with Crippen LogP contribution in [0.5, 0.6) is 0 Å². The summed E-state index contributed by atoms with van der Waals surface area (Å²) in [6.07, 6.45) is 4.08. The van der Waals surface area contributed by atoms with E-state index in [1.165, 1.54) is 16.0 Å². The second-order valence-corrected chi connectivity index (χ2v) is 8.27. The van der Waals surface area contributed by atoms with E-state index in [-0.39, 0.29) is 12.1 Å². The molecule has 0 amide bonds. The third-order valence-corrected chi connectivity index (χ3v) is 6.24. The van der Waals surface area contributed by atoms with Crippen molar-refractivity contribution < 1.29 is 10.0 Å². The number of nitrogens with zero attached hydrogens (tertiary/aromatic N) is 5. The van der Waals surface area contributed by atoms with E-state index in [0.717, 1.165) is 55.6 Å². The second kappa shape index (κ2) is 8.91. The van der Waals surface area contributed by atoms with E-state index in [0.29, 0.717) is 0 Å². The van der Waals surface area contributed by atoms with E-state index in [4.69, 9.17) is 0 Å². The fourth-order valence-corrected chi connectivity index (χ4v) is 4.56. The van der Waals surface area contributed by atoms with E-state index >= 15 is 0 Å². The highest BCUT2D eigenvalue weighted by atomic mass is 16.3. The van der Waals surface area contributed by atoms with Gasteiger partial charge in [-0.25, -0.2) is 4.68 Å². The highest BCUT2D eigenvalue weighted by molar-refractivity contribution is 5.79. The molecule has 0 spiro atoms. The van der Waals surface area contributed by atoms with Gasteiger partial charge in [0.25, 0.3) is 0 Å². The van der Waals surface area contributed by atoms with Gasteiger partial charge in [-0.1, -0.05) is 42.5 Å². The number of aliphatic hydroxyl groups is 1. The number of fused-ring (bicyclic) bond motifs is 1. The number of piperidine rings is 1. The maximum Gasteiger partial charge on any atom is 0.214 e. The van der Waals surface area contributed by atoms with Gasteiger partial charge in [-0.3, -0.25) is 4.98 Å². The third-order valence-electron chi connectivity index (χ3n) is 6.24. The van der Waals surface area contributed by atoms with Gasteiger partial charge >= 0.3 is 0 Å². The minimum atomic E-state index is -0.209. The number of hydrogen-bond acceptors (Lipinski definition) is 5. The third kappa shape index (κ3) is 4.33. The van der Waals surface area contributed by atoms with Crippen LogP contribution >= 0.6 is 0 Å². The first kappa shape index (κ1) is 19.8. The molecule has 158 valence electrons. The summed E-state index contributed by atoms with van der Waals surface area (Å²) < 4.78 is 1.95. The van der Waals surface area contributed by atoms with Gasteiger partial charge in [0.1, 0.15) is 0 Å². The molecule has 2 aromatic heterocycles. The van der Waals surface area contributed by atoms with Crippen LogP contribution in [-0.4, -0.2) is 49.5 Å². The van der Waals surface area contributed by atoms with E-state index < -0.39 is 0 Å². The number of tetrazole rings is 1. The Morgan fingerprint density at radius 2 is 1.87 bits per heavy atom. The smallest absolute Gasteiger partial charge is 0.214 e. The average Bonchev–Trinajstić information content (AvgIpc) is 3.28. The SMILES string of the molecule is OC1CC[NH+]([C@@H](c2ccc3ncccc3c2)c2nnnn2CCc2ccccc2)CC1. The maximum atomic E-state index is 10.0. The minimum absolute atomic E-state index is 0.0166. The predicted molar refractivity (Wildman–Crippen MR) is 117 cm³/mol. The summed E-state index contributed by atoms with van der Waals surface area (Å²) in [7, 11) is 0. The van der Waals surface area contributed by atoms with Crippen molar-refractivity contribution in [2.45, 2.75) is 38.0 Å². The van der Waals surface area contributed by atoms with Gasteiger partial charge in [0, 0.05) is 36.5 Å². The molecule has 1 atom stereocenters. The van der Waals surface area contributed by atoms with Crippen LogP contribution in [0, 0.1) is 0 Å². The normalized spacial score (nSPS) is 20.0. The van der Waals surface area contributed by atoms with Crippen molar-refractivity contribution in [3.05, 3.63) is 83.8 Å². The number of pyridine rings is 1. The van der Waals surface area contributed by atoms with Crippen molar-refractivity contribution in [2.75, 3.05) is 13.1 Å². The van der Waals surface area contributed by atoms with E-state index in [1.807, 2.05) is 23.0 Å². The monoisotopic (exact) mass is 415 g/mol. The van der Waals surface area contributed by atoms with Gasteiger partial charge in [-0.05, 0) is 40.6 Å². The van der Waals surface area contributed by atoms with Crippen molar-refractivity contribution in [1.82, 2.24) is 25.2 Å². The summed E-state index contributed by atoms with van der Waals surface area (Å²) in [4.78, 5) is 5.85. The Morgan fingerprint density at radius 3 is 2.71 bits per heavy atom. The number of aromatic nitrogens is 5. The maximum absolute atomic E-state index is 10.0. The van der Waals surface area contributed by atoms with E-state index in [1.54, 1.807) is 0 Å². The zero-order valence-electron chi connectivity index (χ0n) is 17.4. The van der Waals surface area contributed by atoms with Gasteiger partial charge in [-0.2, -0.15) is 0 Å². The molecular formula is C24H27N6O+. The molecule has 0 unspecified atom stereocenters. The van der Waals surface area contributed by atoms with Crippen LogP contribution in [0.25, 0.3) is 10.9 Å². The van der Waals surface area contributed by atoms with Crippen molar-refractivity contribution in [3.8, 4) is 0 Å². The van der Waals surface area contributed by atoms with Gasteiger partial charge in [0.15, 0.2) is 6.04 Å². The molecule has 7 nitrogen and oxygen atoms in total. The highest BCUT2D eigenvalue weighted by Crippen LogP contribution is 2.22. The fraction of sp³-hybridized carbons (Fsp3) is 0.333. The highest BCUT2D eigenvalue weighted by Gasteiger charge is 2.34. The number of quaternary nitrogens is 1. The molecule has 0 radical (unpaired) electrons. The zero-order chi connectivity index (χ0) is 21.0. The molecule has 5 rings (SSSR count). The van der Waals surface area contributed by atoms with Gasteiger partial charge in [-0.15, -0.1) is 5.10 Å².